The fourth-order valence-corrected chi connectivity index (χ4v) is 1.62. The highest BCUT2D eigenvalue weighted by Crippen LogP contribution is 2.15. The first-order chi connectivity index (χ1) is 9.42. The number of hydrogen-bond acceptors (Lipinski definition) is 6. The molecular formula is C13H23ClN4O2. The molecule has 0 aromatic carbocycles. The van der Waals surface area contributed by atoms with E-state index in [1.165, 1.54) is 0 Å². The van der Waals surface area contributed by atoms with Gasteiger partial charge in [-0.1, -0.05) is 13.8 Å². The van der Waals surface area contributed by atoms with Crippen LogP contribution in [0.2, 0.25) is 5.28 Å². The Kier molecular flexibility index (Phi) is 6.95. The van der Waals surface area contributed by atoms with Gasteiger partial charge >= 0.3 is 6.01 Å². The summed E-state index contributed by atoms with van der Waals surface area (Å²) in [6, 6.07) is 0.321. The highest BCUT2D eigenvalue weighted by molar-refractivity contribution is 6.28. The first-order valence-corrected chi connectivity index (χ1v) is 7.22. The van der Waals surface area contributed by atoms with Gasteiger partial charge in [0.05, 0.1) is 18.8 Å². The second-order valence-corrected chi connectivity index (χ2v) is 5.37. The van der Waals surface area contributed by atoms with Crippen molar-refractivity contribution in [3.05, 3.63) is 5.28 Å². The van der Waals surface area contributed by atoms with E-state index in [1.54, 1.807) is 0 Å². The number of hydrogen-bond donors (Lipinski definition) is 1. The smallest absolute Gasteiger partial charge is 0.322 e. The molecule has 6 nitrogen and oxygen atoms in total. The van der Waals surface area contributed by atoms with E-state index in [4.69, 9.17) is 21.1 Å². The number of ether oxygens (including phenoxy) is 2. The molecule has 0 spiro atoms. The normalized spacial score (nSPS) is 12.8. The van der Waals surface area contributed by atoms with Crippen molar-refractivity contribution >= 4 is 17.5 Å². The predicted octanol–water partition coefficient (Wildman–Crippen LogP) is 2.79. The van der Waals surface area contributed by atoms with Crippen LogP contribution in [0.25, 0.3) is 0 Å². The third kappa shape index (κ3) is 5.88. The molecule has 1 rings (SSSR count). The second kappa shape index (κ2) is 8.21. The van der Waals surface area contributed by atoms with Gasteiger partial charge in [0.15, 0.2) is 0 Å². The maximum Gasteiger partial charge on any atom is 0.322 e. The van der Waals surface area contributed by atoms with Crippen LogP contribution in [0.15, 0.2) is 0 Å². The van der Waals surface area contributed by atoms with Gasteiger partial charge in [0.1, 0.15) is 0 Å². The first-order valence-electron chi connectivity index (χ1n) is 6.84. The van der Waals surface area contributed by atoms with Crippen molar-refractivity contribution in [2.24, 2.45) is 5.92 Å². The molecule has 7 heteroatoms. The summed E-state index contributed by atoms with van der Waals surface area (Å²) in [6.07, 6.45) is -0.0226. The highest BCUT2D eigenvalue weighted by Gasteiger charge is 2.16. The van der Waals surface area contributed by atoms with E-state index in [1.807, 2.05) is 20.8 Å². The van der Waals surface area contributed by atoms with Crippen molar-refractivity contribution in [1.82, 2.24) is 15.0 Å². The molecule has 1 N–H and O–H groups in total. The zero-order valence-corrected chi connectivity index (χ0v) is 13.4. The van der Waals surface area contributed by atoms with Crippen LogP contribution in [0.3, 0.4) is 0 Å². The quantitative estimate of drug-likeness (QED) is 0.796. The van der Waals surface area contributed by atoms with E-state index in [-0.39, 0.29) is 23.4 Å². The van der Waals surface area contributed by atoms with Crippen LogP contribution in [0.5, 0.6) is 6.01 Å². The summed E-state index contributed by atoms with van der Waals surface area (Å²) in [5, 5.41) is 3.32. The number of halogens is 1. The Bertz CT molecular complexity index is 415. The lowest BCUT2D eigenvalue weighted by Gasteiger charge is -2.22. The first kappa shape index (κ1) is 16.9. The van der Waals surface area contributed by atoms with E-state index in [9.17, 15) is 0 Å². The molecule has 0 aliphatic carbocycles. The monoisotopic (exact) mass is 302 g/mol. The van der Waals surface area contributed by atoms with Crippen molar-refractivity contribution in [2.45, 2.75) is 46.8 Å². The number of anilines is 1. The molecule has 1 aromatic rings. The Morgan fingerprint density at radius 2 is 1.85 bits per heavy atom. The summed E-state index contributed by atoms with van der Waals surface area (Å²) in [4.78, 5) is 12.2. The third-order valence-corrected chi connectivity index (χ3v) is 2.72. The van der Waals surface area contributed by atoms with Gasteiger partial charge in [0, 0.05) is 6.61 Å². The molecule has 0 fully saturated rings. The molecule has 114 valence electrons. The van der Waals surface area contributed by atoms with Gasteiger partial charge in [-0.2, -0.15) is 15.0 Å². The predicted molar refractivity (Wildman–Crippen MR) is 79.3 cm³/mol. The van der Waals surface area contributed by atoms with Crippen molar-refractivity contribution in [3.63, 3.8) is 0 Å². The highest BCUT2D eigenvalue weighted by atomic mass is 35.5. The largest absolute Gasteiger partial charge is 0.461 e. The molecule has 1 unspecified atom stereocenters. The molecule has 0 amide bonds. The molecule has 0 radical (unpaired) electrons. The van der Waals surface area contributed by atoms with Gasteiger partial charge in [0.2, 0.25) is 11.2 Å². The zero-order chi connectivity index (χ0) is 15.1. The molecule has 20 heavy (non-hydrogen) atoms. The van der Waals surface area contributed by atoms with E-state index >= 15 is 0 Å². The van der Waals surface area contributed by atoms with Crippen molar-refractivity contribution < 1.29 is 9.47 Å². The second-order valence-electron chi connectivity index (χ2n) is 5.03. The Hall–Kier alpha value is -1.14. The van der Waals surface area contributed by atoms with Gasteiger partial charge in [-0.25, -0.2) is 0 Å². The molecule has 1 atom stereocenters. The molecule has 0 aliphatic rings. The van der Waals surface area contributed by atoms with Crippen LogP contribution in [0, 0.1) is 5.92 Å². The van der Waals surface area contributed by atoms with Crippen molar-refractivity contribution in [2.75, 3.05) is 18.5 Å². The van der Waals surface area contributed by atoms with Crippen LogP contribution in [0.4, 0.5) is 5.95 Å². The fourth-order valence-electron chi connectivity index (χ4n) is 1.47. The average Bonchev–Trinajstić information content (AvgIpc) is 2.32. The summed E-state index contributed by atoms with van der Waals surface area (Å²) >= 11 is 5.89. The molecular weight excluding hydrogens is 280 g/mol. The van der Waals surface area contributed by atoms with Gasteiger partial charge in [-0.3, -0.25) is 0 Å². The lowest BCUT2D eigenvalue weighted by atomic mass is 10.1. The maximum atomic E-state index is 5.89. The number of aromatic nitrogens is 3. The molecule has 1 aromatic heterocycles. The average molecular weight is 303 g/mol. The van der Waals surface area contributed by atoms with Crippen LogP contribution in [-0.2, 0) is 4.74 Å². The summed E-state index contributed by atoms with van der Waals surface area (Å²) in [5.41, 5.74) is 0. The Morgan fingerprint density at radius 1 is 1.15 bits per heavy atom. The minimum atomic E-state index is -0.0226. The van der Waals surface area contributed by atoms with Crippen molar-refractivity contribution in [3.8, 4) is 6.01 Å². The van der Waals surface area contributed by atoms with E-state index in [2.05, 4.69) is 34.1 Å². The molecule has 0 saturated carbocycles. The van der Waals surface area contributed by atoms with E-state index in [0.717, 1.165) is 0 Å². The topological polar surface area (TPSA) is 69.2 Å². The Morgan fingerprint density at radius 3 is 2.40 bits per heavy atom. The maximum absolute atomic E-state index is 5.89. The van der Waals surface area contributed by atoms with Gasteiger partial charge in [-0.05, 0) is 38.3 Å². The SMILES string of the molecule is CCOCC(Nc1nc(Cl)nc(OC(C)C)n1)C(C)C. The molecule has 0 bridgehead atoms. The standard InChI is InChI=1S/C13H23ClN4O2/c1-6-19-7-10(8(2)3)15-12-16-11(14)17-13(18-12)20-9(4)5/h8-10H,6-7H2,1-5H3,(H,15,16,17,18). The number of nitrogens with zero attached hydrogens (tertiary/aromatic N) is 3. The van der Waals surface area contributed by atoms with Crippen LogP contribution >= 0.6 is 11.6 Å². The van der Waals surface area contributed by atoms with Crippen LogP contribution in [-0.4, -0.2) is 40.3 Å². The minimum absolute atomic E-state index is 0.0226. The minimum Gasteiger partial charge on any atom is -0.461 e. The van der Waals surface area contributed by atoms with E-state index in [0.29, 0.717) is 25.1 Å². The lowest BCUT2D eigenvalue weighted by molar-refractivity contribution is 0.126. The summed E-state index contributed by atoms with van der Waals surface area (Å²) < 4.78 is 10.9. The summed E-state index contributed by atoms with van der Waals surface area (Å²) in [7, 11) is 0. The van der Waals surface area contributed by atoms with Gasteiger partial charge < -0.3 is 14.8 Å². The van der Waals surface area contributed by atoms with Crippen LogP contribution in [0.1, 0.15) is 34.6 Å². The summed E-state index contributed by atoms with van der Waals surface area (Å²) in [6.45, 7) is 11.2. The fraction of sp³-hybridized carbons (Fsp3) is 0.769. The van der Waals surface area contributed by atoms with Gasteiger partial charge in [0.25, 0.3) is 0 Å². The molecule has 1 heterocycles. The Labute approximate surface area is 125 Å². The molecule has 0 aliphatic heterocycles. The molecule has 0 saturated heterocycles. The number of nitrogens with one attached hydrogen (secondary N) is 1. The summed E-state index contributed by atoms with van der Waals surface area (Å²) in [5.74, 6) is 0.769. The van der Waals surface area contributed by atoms with E-state index < -0.39 is 0 Å². The number of rotatable bonds is 8. The lowest BCUT2D eigenvalue weighted by Crippen LogP contribution is -2.32. The van der Waals surface area contributed by atoms with Gasteiger partial charge in [-0.15, -0.1) is 0 Å². The third-order valence-electron chi connectivity index (χ3n) is 2.55. The zero-order valence-electron chi connectivity index (χ0n) is 12.7. The Balaban J connectivity index is 2.80. The van der Waals surface area contributed by atoms with Crippen LogP contribution < -0.4 is 10.1 Å². The van der Waals surface area contributed by atoms with Crippen molar-refractivity contribution in [1.29, 1.82) is 0 Å².